The highest BCUT2D eigenvalue weighted by atomic mass is 35.5. The van der Waals surface area contributed by atoms with Gasteiger partial charge in [0.2, 0.25) is 0 Å². The highest BCUT2D eigenvalue weighted by molar-refractivity contribution is 6.30. The minimum Gasteiger partial charge on any atom is -0.274 e. The van der Waals surface area contributed by atoms with E-state index in [1.807, 2.05) is 25.1 Å². The van der Waals surface area contributed by atoms with Gasteiger partial charge in [0.1, 0.15) is 0 Å². The number of hydroxylamine groups is 2. The molecule has 86 valence electrons. The lowest BCUT2D eigenvalue weighted by Crippen LogP contribution is -2.23. The molecule has 1 amide bonds. The van der Waals surface area contributed by atoms with E-state index < -0.39 is 0 Å². The minimum absolute atomic E-state index is 0.208. The summed E-state index contributed by atoms with van der Waals surface area (Å²) in [7, 11) is 3.00. The zero-order chi connectivity index (χ0) is 12.1. The van der Waals surface area contributed by atoms with E-state index in [1.54, 1.807) is 13.1 Å². The first-order valence-corrected chi connectivity index (χ1v) is 5.18. The molecule has 0 atom stereocenters. The van der Waals surface area contributed by atoms with Crippen molar-refractivity contribution in [3.8, 4) is 0 Å². The van der Waals surface area contributed by atoms with Crippen LogP contribution in [0.1, 0.15) is 12.5 Å². The predicted molar refractivity (Wildman–Crippen MR) is 64.9 cm³/mol. The van der Waals surface area contributed by atoms with Gasteiger partial charge in [0.25, 0.3) is 5.91 Å². The van der Waals surface area contributed by atoms with Gasteiger partial charge in [-0.3, -0.25) is 9.63 Å². The number of carbonyl (C=O) groups excluding carboxylic acids is 1. The molecule has 0 heterocycles. The maximum Gasteiger partial charge on any atom is 0.270 e. The van der Waals surface area contributed by atoms with Crippen molar-refractivity contribution in [2.75, 3.05) is 14.2 Å². The number of carbonyl (C=O) groups is 1. The number of halogens is 1. The number of benzene rings is 1. The second-order valence-electron chi connectivity index (χ2n) is 3.36. The fraction of sp³-hybridized carbons (Fsp3) is 0.250. The van der Waals surface area contributed by atoms with Crippen LogP contribution in [0.3, 0.4) is 0 Å². The second-order valence-corrected chi connectivity index (χ2v) is 3.79. The summed E-state index contributed by atoms with van der Waals surface area (Å²) in [6, 6.07) is 7.35. The molecule has 0 radical (unpaired) electrons. The second kappa shape index (κ2) is 5.68. The molecule has 0 fully saturated rings. The highest BCUT2D eigenvalue weighted by Gasteiger charge is 2.05. The highest BCUT2D eigenvalue weighted by Crippen LogP contribution is 2.18. The molecule has 16 heavy (non-hydrogen) atoms. The quantitative estimate of drug-likeness (QED) is 0.600. The van der Waals surface area contributed by atoms with Crippen LogP contribution in [0.5, 0.6) is 0 Å². The molecule has 1 rings (SSSR count). The topological polar surface area (TPSA) is 29.5 Å². The molecule has 4 heteroatoms. The van der Waals surface area contributed by atoms with Gasteiger partial charge in [0.15, 0.2) is 0 Å². The van der Waals surface area contributed by atoms with E-state index in [0.717, 1.165) is 16.2 Å². The number of allylic oxidation sites excluding steroid dienone is 1. The molecule has 0 bridgehead atoms. The molecule has 0 saturated heterocycles. The van der Waals surface area contributed by atoms with E-state index in [1.165, 1.54) is 13.2 Å². The molecular formula is C12H14ClNO2. The van der Waals surface area contributed by atoms with E-state index in [0.29, 0.717) is 5.02 Å². The van der Waals surface area contributed by atoms with Crippen molar-refractivity contribution in [3.63, 3.8) is 0 Å². The Morgan fingerprint density at radius 3 is 2.75 bits per heavy atom. The maximum atomic E-state index is 11.5. The number of rotatable bonds is 3. The average molecular weight is 240 g/mol. The third kappa shape index (κ3) is 3.36. The third-order valence-corrected chi connectivity index (χ3v) is 2.44. The fourth-order valence-electron chi connectivity index (χ4n) is 1.18. The number of amides is 1. The van der Waals surface area contributed by atoms with Gasteiger partial charge in [-0.1, -0.05) is 23.7 Å². The van der Waals surface area contributed by atoms with Crippen molar-refractivity contribution in [1.82, 2.24) is 5.06 Å². The van der Waals surface area contributed by atoms with E-state index in [-0.39, 0.29) is 5.91 Å². The summed E-state index contributed by atoms with van der Waals surface area (Å²) in [4.78, 5) is 16.3. The van der Waals surface area contributed by atoms with Crippen LogP contribution in [0.15, 0.2) is 30.3 Å². The molecule has 0 saturated carbocycles. The molecule has 3 nitrogen and oxygen atoms in total. The van der Waals surface area contributed by atoms with Crippen molar-refractivity contribution in [3.05, 3.63) is 40.9 Å². The van der Waals surface area contributed by atoms with Gasteiger partial charge in [0, 0.05) is 18.1 Å². The number of hydrogen-bond donors (Lipinski definition) is 0. The predicted octanol–water partition coefficient (Wildman–Crippen LogP) is 2.76. The van der Waals surface area contributed by atoms with Crippen LogP contribution in [0.25, 0.3) is 5.57 Å². The molecule has 0 spiro atoms. The lowest BCUT2D eigenvalue weighted by molar-refractivity contribution is -0.162. The maximum absolute atomic E-state index is 11.5. The van der Waals surface area contributed by atoms with Crippen LogP contribution in [-0.4, -0.2) is 25.1 Å². The summed E-state index contributed by atoms with van der Waals surface area (Å²) in [5, 5.41) is 1.81. The molecule has 0 aromatic heterocycles. The number of likely N-dealkylation sites (N-methyl/N-ethyl adjacent to an activating group) is 1. The molecule has 0 N–H and O–H groups in total. The Hall–Kier alpha value is -1.32. The molecule has 0 aliphatic carbocycles. The zero-order valence-corrected chi connectivity index (χ0v) is 10.3. The van der Waals surface area contributed by atoms with Gasteiger partial charge in [-0.2, -0.15) is 0 Å². The van der Waals surface area contributed by atoms with E-state index in [4.69, 9.17) is 16.4 Å². The van der Waals surface area contributed by atoms with Gasteiger partial charge >= 0.3 is 0 Å². The summed E-state index contributed by atoms with van der Waals surface area (Å²) >= 11 is 5.87. The summed E-state index contributed by atoms with van der Waals surface area (Å²) in [5.41, 5.74) is 1.77. The van der Waals surface area contributed by atoms with Crippen molar-refractivity contribution in [2.45, 2.75) is 6.92 Å². The number of nitrogens with zero attached hydrogens (tertiary/aromatic N) is 1. The van der Waals surface area contributed by atoms with Gasteiger partial charge in [-0.05, 0) is 30.2 Å². The SMILES string of the molecule is CON(C)C(=O)/C=C(\C)c1cccc(Cl)c1. The Balaban J connectivity index is 2.89. The van der Waals surface area contributed by atoms with E-state index in [9.17, 15) is 4.79 Å². The Bertz CT molecular complexity index is 415. The molecule has 0 aliphatic rings. The summed E-state index contributed by atoms with van der Waals surface area (Å²) in [6.45, 7) is 1.85. The van der Waals surface area contributed by atoms with Crippen LogP contribution in [-0.2, 0) is 9.63 Å². The fourth-order valence-corrected chi connectivity index (χ4v) is 1.37. The largest absolute Gasteiger partial charge is 0.274 e. The molecule has 0 unspecified atom stereocenters. The first-order valence-electron chi connectivity index (χ1n) is 4.80. The Morgan fingerprint density at radius 2 is 2.19 bits per heavy atom. The molecule has 1 aromatic rings. The zero-order valence-electron chi connectivity index (χ0n) is 9.53. The van der Waals surface area contributed by atoms with Crippen molar-refractivity contribution in [1.29, 1.82) is 0 Å². The van der Waals surface area contributed by atoms with Crippen molar-refractivity contribution < 1.29 is 9.63 Å². The smallest absolute Gasteiger partial charge is 0.270 e. The van der Waals surface area contributed by atoms with Crippen LogP contribution in [0.2, 0.25) is 5.02 Å². The normalized spacial score (nSPS) is 11.4. The van der Waals surface area contributed by atoms with Crippen molar-refractivity contribution in [2.24, 2.45) is 0 Å². The van der Waals surface area contributed by atoms with Crippen LogP contribution in [0.4, 0.5) is 0 Å². The summed E-state index contributed by atoms with van der Waals surface area (Å²) < 4.78 is 0. The Kier molecular flexibility index (Phi) is 4.52. The molecule has 0 aliphatic heterocycles. The van der Waals surface area contributed by atoms with E-state index >= 15 is 0 Å². The van der Waals surface area contributed by atoms with E-state index in [2.05, 4.69) is 0 Å². The van der Waals surface area contributed by atoms with Crippen LogP contribution < -0.4 is 0 Å². The van der Waals surface area contributed by atoms with Gasteiger partial charge in [-0.25, -0.2) is 5.06 Å². The standard InChI is InChI=1S/C12H14ClNO2/c1-9(7-12(15)14(2)16-3)10-5-4-6-11(13)8-10/h4-8H,1-3H3/b9-7+. The third-order valence-electron chi connectivity index (χ3n) is 2.20. The van der Waals surface area contributed by atoms with Gasteiger partial charge in [0.05, 0.1) is 7.11 Å². The first kappa shape index (κ1) is 12.7. The number of hydrogen-bond acceptors (Lipinski definition) is 2. The summed E-state index contributed by atoms with van der Waals surface area (Å²) in [5.74, 6) is -0.208. The monoisotopic (exact) mass is 239 g/mol. The minimum atomic E-state index is -0.208. The lowest BCUT2D eigenvalue weighted by atomic mass is 10.1. The van der Waals surface area contributed by atoms with Crippen LogP contribution in [0, 0.1) is 0 Å². The lowest BCUT2D eigenvalue weighted by Gasteiger charge is -2.11. The molecular weight excluding hydrogens is 226 g/mol. The van der Waals surface area contributed by atoms with Gasteiger partial charge in [-0.15, -0.1) is 0 Å². The van der Waals surface area contributed by atoms with Crippen LogP contribution >= 0.6 is 11.6 Å². The van der Waals surface area contributed by atoms with Gasteiger partial charge < -0.3 is 0 Å². The molecule has 1 aromatic carbocycles. The Morgan fingerprint density at radius 1 is 1.50 bits per heavy atom. The van der Waals surface area contributed by atoms with Crippen molar-refractivity contribution >= 4 is 23.1 Å². The summed E-state index contributed by atoms with van der Waals surface area (Å²) in [6.07, 6.45) is 1.51. The average Bonchev–Trinajstić information content (AvgIpc) is 2.27. The first-order chi connectivity index (χ1) is 7.54. The Labute approximate surface area is 100 Å².